The zero-order valence-electron chi connectivity index (χ0n) is 24.2. The molecule has 5 aromatic rings. The summed E-state index contributed by atoms with van der Waals surface area (Å²) in [6.07, 6.45) is -3.56. The predicted octanol–water partition coefficient (Wildman–Crippen LogP) is 6.21. The summed E-state index contributed by atoms with van der Waals surface area (Å²) in [6.45, 7) is 1.32. The van der Waals surface area contributed by atoms with E-state index < -0.39 is 40.4 Å². The van der Waals surface area contributed by atoms with Crippen LogP contribution in [0, 0.1) is 17.0 Å². The second-order valence-corrected chi connectivity index (χ2v) is 9.92. The van der Waals surface area contributed by atoms with Crippen LogP contribution in [0.3, 0.4) is 0 Å². The largest absolute Gasteiger partial charge is 0.493 e. The van der Waals surface area contributed by atoms with E-state index in [0.717, 1.165) is 34.7 Å². The fourth-order valence-electron chi connectivity index (χ4n) is 4.46. The molecular formula is C32H24F3N5O6. The van der Waals surface area contributed by atoms with E-state index in [4.69, 9.17) is 9.47 Å². The zero-order chi connectivity index (χ0) is 33.0. The molecule has 1 heterocycles. The predicted molar refractivity (Wildman–Crippen MR) is 164 cm³/mol. The van der Waals surface area contributed by atoms with Gasteiger partial charge in [0.25, 0.3) is 11.5 Å². The summed E-state index contributed by atoms with van der Waals surface area (Å²) < 4.78 is 52.1. The van der Waals surface area contributed by atoms with E-state index in [-0.39, 0.29) is 39.4 Å². The number of ether oxygens (including phenoxy) is 2. The van der Waals surface area contributed by atoms with Gasteiger partial charge in [0.05, 0.1) is 34.7 Å². The SMILES string of the molecule is COc1cc(C=Nn2c(-c3cccc(C(F)(F)F)c3)nc3ccccc3c2=O)cc([N+](=O)[O-])c1OCC(=O)Nc1ccc(C)cc1. The minimum atomic E-state index is -4.65. The molecule has 46 heavy (non-hydrogen) atoms. The number of carbonyl (C=O) groups excluding carboxylic acids is 1. The number of anilines is 1. The van der Waals surface area contributed by atoms with E-state index >= 15 is 0 Å². The molecule has 0 radical (unpaired) electrons. The Labute approximate surface area is 258 Å². The Kier molecular flexibility index (Phi) is 8.80. The Bertz CT molecular complexity index is 2040. The molecule has 1 amide bonds. The molecule has 0 fully saturated rings. The number of methoxy groups -OCH3 is 1. The molecule has 0 unspecified atom stereocenters. The van der Waals surface area contributed by atoms with Gasteiger partial charge in [-0.1, -0.05) is 42.0 Å². The van der Waals surface area contributed by atoms with E-state index in [2.05, 4.69) is 15.4 Å². The van der Waals surface area contributed by atoms with Crippen molar-refractivity contribution in [3.63, 3.8) is 0 Å². The number of hydrogen-bond acceptors (Lipinski definition) is 8. The van der Waals surface area contributed by atoms with Crippen LogP contribution < -0.4 is 20.3 Å². The average Bonchev–Trinajstić information content (AvgIpc) is 3.03. The Hall–Kier alpha value is -6.05. The third-order valence-electron chi connectivity index (χ3n) is 6.68. The Morgan fingerprint density at radius 2 is 1.80 bits per heavy atom. The Balaban J connectivity index is 1.52. The molecule has 0 aliphatic heterocycles. The van der Waals surface area contributed by atoms with Gasteiger partial charge in [0.2, 0.25) is 5.75 Å². The van der Waals surface area contributed by atoms with Gasteiger partial charge in [-0.25, -0.2) is 4.98 Å². The maximum absolute atomic E-state index is 13.5. The molecule has 11 nitrogen and oxygen atoms in total. The third-order valence-corrected chi connectivity index (χ3v) is 6.68. The second-order valence-electron chi connectivity index (χ2n) is 9.92. The van der Waals surface area contributed by atoms with Crippen molar-refractivity contribution in [3.8, 4) is 22.9 Å². The molecule has 0 spiro atoms. The maximum Gasteiger partial charge on any atom is 0.416 e. The molecule has 0 saturated heterocycles. The molecule has 0 aliphatic carbocycles. The number of alkyl halides is 3. The fraction of sp³-hybridized carbons (Fsp3) is 0.125. The lowest BCUT2D eigenvalue weighted by atomic mass is 10.1. The number of para-hydroxylation sites is 1. The molecule has 234 valence electrons. The van der Waals surface area contributed by atoms with E-state index in [1.165, 1.54) is 37.4 Å². The van der Waals surface area contributed by atoms with Crippen molar-refractivity contribution in [3.05, 3.63) is 122 Å². The number of rotatable bonds is 9. The van der Waals surface area contributed by atoms with Crippen LogP contribution in [0.1, 0.15) is 16.7 Å². The minimum absolute atomic E-state index is 0.0361. The first-order valence-electron chi connectivity index (χ1n) is 13.5. The summed E-state index contributed by atoms with van der Waals surface area (Å²) in [7, 11) is 1.24. The van der Waals surface area contributed by atoms with Gasteiger partial charge in [0.15, 0.2) is 18.2 Å². The molecule has 14 heteroatoms. The Morgan fingerprint density at radius 3 is 2.50 bits per heavy atom. The van der Waals surface area contributed by atoms with E-state index in [1.807, 2.05) is 6.92 Å². The molecule has 0 saturated carbocycles. The molecule has 4 aromatic carbocycles. The molecule has 1 N–H and O–H groups in total. The monoisotopic (exact) mass is 631 g/mol. The van der Waals surface area contributed by atoms with Crippen LogP contribution in [-0.2, 0) is 11.0 Å². The molecule has 1 aromatic heterocycles. The lowest BCUT2D eigenvalue weighted by Crippen LogP contribution is -2.21. The van der Waals surface area contributed by atoms with Crippen LogP contribution in [0.5, 0.6) is 11.5 Å². The van der Waals surface area contributed by atoms with Gasteiger partial charge in [0.1, 0.15) is 0 Å². The minimum Gasteiger partial charge on any atom is -0.493 e. The summed E-state index contributed by atoms with van der Waals surface area (Å²) in [5.41, 5.74) is -0.424. The molecule has 0 atom stereocenters. The van der Waals surface area contributed by atoms with Crippen LogP contribution in [0.2, 0.25) is 0 Å². The number of fused-ring (bicyclic) bond motifs is 1. The van der Waals surface area contributed by atoms with E-state index in [1.54, 1.807) is 36.4 Å². The smallest absolute Gasteiger partial charge is 0.416 e. The number of nitro benzene ring substituents is 1. The molecule has 0 bridgehead atoms. The van der Waals surface area contributed by atoms with Crippen molar-refractivity contribution in [2.75, 3.05) is 19.0 Å². The third kappa shape index (κ3) is 6.85. The highest BCUT2D eigenvalue weighted by Gasteiger charge is 2.31. The lowest BCUT2D eigenvalue weighted by molar-refractivity contribution is -0.385. The second kappa shape index (κ2) is 12.9. The van der Waals surface area contributed by atoms with Crippen molar-refractivity contribution < 1.29 is 32.4 Å². The van der Waals surface area contributed by atoms with Crippen molar-refractivity contribution in [2.24, 2.45) is 5.10 Å². The van der Waals surface area contributed by atoms with Crippen molar-refractivity contribution >= 4 is 34.4 Å². The number of aromatic nitrogens is 2. The van der Waals surface area contributed by atoms with Gasteiger partial charge in [-0.2, -0.15) is 22.9 Å². The highest BCUT2D eigenvalue weighted by atomic mass is 19.4. The summed E-state index contributed by atoms with van der Waals surface area (Å²) in [4.78, 5) is 41.6. The van der Waals surface area contributed by atoms with Crippen molar-refractivity contribution in [1.82, 2.24) is 9.66 Å². The lowest BCUT2D eigenvalue weighted by Gasteiger charge is -2.13. The van der Waals surface area contributed by atoms with Gasteiger partial charge in [-0.3, -0.25) is 19.7 Å². The van der Waals surface area contributed by atoms with E-state index in [9.17, 15) is 32.9 Å². The number of hydrogen-bond donors (Lipinski definition) is 1. The highest BCUT2D eigenvalue weighted by Crippen LogP contribution is 2.38. The zero-order valence-corrected chi connectivity index (χ0v) is 24.2. The average molecular weight is 632 g/mol. The van der Waals surface area contributed by atoms with Crippen LogP contribution in [0.25, 0.3) is 22.3 Å². The van der Waals surface area contributed by atoms with Crippen molar-refractivity contribution in [1.29, 1.82) is 0 Å². The number of nitrogens with zero attached hydrogens (tertiary/aromatic N) is 4. The first kappa shape index (κ1) is 31.4. The van der Waals surface area contributed by atoms with E-state index in [0.29, 0.717) is 5.69 Å². The number of nitrogens with one attached hydrogen (secondary N) is 1. The van der Waals surface area contributed by atoms with Crippen LogP contribution in [0.4, 0.5) is 24.5 Å². The number of carbonyl (C=O) groups is 1. The molecule has 5 rings (SSSR count). The summed E-state index contributed by atoms with van der Waals surface area (Å²) in [5.74, 6) is -1.19. The van der Waals surface area contributed by atoms with Crippen LogP contribution in [0.15, 0.2) is 94.8 Å². The summed E-state index contributed by atoms with van der Waals surface area (Å²) in [5, 5.41) is 19.0. The number of nitro groups is 1. The summed E-state index contributed by atoms with van der Waals surface area (Å²) >= 11 is 0. The maximum atomic E-state index is 13.5. The number of aryl methyl sites for hydroxylation is 1. The van der Waals surface area contributed by atoms with Crippen molar-refractivity contribution in [2.45, 2.75) is 13.1 Å². The van der Waals surface area contributed by atoms with Gasteiger partial charge >= 0.3 is 11.9 Å². The van der Waals surface area contributed by atoms with Gasteiger partial charge in [-0.05, 0) is 49.4 Å². The quantitative estimate of drug-likeness (QED) is 0.116. The highest BCUT2D eigenvalue weighted by molar-refractivity contribution is 5.92. The number of amides is 1. The van der Waals surface area contributed by atoms with Crippen LogP contribution >= 0.6 is 0 Å². The van der Waals surface area contributed by atoms with Gasteiger partial charge < -0.3 is 14.8 Å². The van der Waals surface area contributed by atoms with Gasteiger partial charge in [-0.15, -0.1) is 0 Å². The number of halogens is 3. The van der Waals surface area contributed by atoms with Gasteiger partial charge in [0, 0.05) is 22.9 Å². The molecular weight excluding hydrogens is 607 g/mol. The Morgan fingerprint density at radius 1 is 1.07 bits per heavy atom. The standard InChI is InChI=1S/C32H24F3N5O6/c1-19-10-12-23(13-11-19)37-28(41)18-46-29-26(40(43)44)14-20(15-27(29)45-2)17-36-39-30(21-6-5-7-22(16-21)32(33,34)35)38-25-9-4-3-8-24(25)31(39)42/h3-17H,18H2,1-2H3,(H,37,41). The fourth-order valence-corrected chi connectivity index (χ4v) is 4.46. The normalized spacial score (nSPS) is 11.5. The summed E-state index contributed by atoms with van der Waals surface area (Å²) in [6, 6.07) is 19.9. The topological polar surface area (TPSA) is 138 Å². The van der Waals surface area contributed by atoms with Crippen LogP contribution in [-0.4, -0.2) is 40.4 Å². The number of benzene rings is 4. The first-order chi connectivity index (χ1) is 21.9. The molecule has 0 aliphatic rings. The first-order valence-corrected chi connectivity index (χ1v) is 13.5.